The van der Waals surface area contributed by atoms with Gasteiger partial charge in [0.2, 0.25) is 9.21 Å². The molecule has 7 heteroatoms. The first-order valence-corrected chi connectivity index (χ1v) is 8.17. The Kier molecular flexibility index (Phi) is 2.56. The average Bonchev–Trinajstić information content (AvgIpc) is 1.14. The van der Waals surface area contributed by atoms with Crippen LogP contribution in [0.15, 0.2) is 0 Å². The summed E-state index contributed by atoms with van der Waals surface area (Å²) in [7, 11) is -7.27. The van der Waals surface area contributed by atoms with Gasteiger partial charge in [-0.15, -0.1) is 0 Å². The Balaban J connectivity index is 5.01. The number of hydrogen-bond acceptors (Lipinski definition) is 3. The van der Waals surface area contributed by atoms with Crippen LogP contribution in [-0.2, 0) is 18.5 Å². The smallest absolute Gasteiger partial charge is 0.289 e. The van der Waals surface area contributed by atoms with Gasteiger partial charge in [0.1, 0.15) is 0 Å². The lowest BCUT2D eigenvalue weighted by molar-refractivity contribution is 0.567. The fourth-order valence-corrected chi connectivity index (χ4v) is 7.58. The van der Waals surface area contributed by atoms with Crippen molar-refractivity contribution in [2.24, 2.45) is 0 Å². The van der Waals surface area contributed by atoms with Crippen molar-refractivity contribution in [3.05, 3.63) is 0 Å². The molecule has 0 aliphatic rings. The Hall–Kier alpha value is 0.277. The second-order valence-electron chi connectivity index (χ2n) is 1.66. The van der Waals surface area contributed by atoms with Gasteiger partial charge in [0.15, 0.2) is 0 Å². The van der Waals surface area contributed by atoms with Gasteiger partial charge in [-0.1, -0.05) is 0 Å². The molecular weight excluding hydrogens is 180 g/mol. The molecule has 0 aliphatic heterocycles. The molecular formula is C2H7O4S2Si+. The summed E-state index contributed by atoms with van der Waals surface area (Å²) < 4.78 is 39.5. The molecule has 9 heavy (non-hydrogen) atoms. The van der Waals surface area contributed by atoms with Gasteiger partial charge in [-0.25, -0.2) is 4.21 Å². The van der Waals surface area contributed by atoms with Crippen LogP contribution in [0.3, 0.4) is 0 Å². The second-order valence-corrected chi connectivity index (χ2v) is 11.5. The highest BCUT2D eigenvalue weighted by Crippen LogP contribution is 1.78. The third-order valence-corrected chi connectivity index (χ3v) is 8.26. The summed E-state index contributed by atoms with van der Waals surface area (Å²) in [6, 6.07) is 0. The van der Waals surface area contributed by atoms with Gasteiger partial charge in [-0.2, -0.15) is 8.42 Å². The fraction of sp³-hybridized carbons (Fsp3) is 1.00. The highest BCUT2D eigenvalue weighted by atomic mass is 32.5. The Bertz CT molecular complexity index is 285. The third-order valence-electron chi connectivity index (χ3n) is 0.306. The molecule has 0 spiro atoms. The maximum absolute atomic E-state index is 10.4. The zero-order valence-electron chi connectivity index (χ0n) is 4.99. The highest BCUT2D eigenvalue weighted by Gasteiger charge is 2.22. The van der Waals surface area contributed by atoms with Crippen LogP contribution in [0.2, 0.25) is 0 Å². The predicted octanol–water partition coefficient (Wildman–Crippen LogP) is -1.05. The zero-order chi connectivity index (χ0) is 7.71. The minimum Gasteiger partial charge on any atom is -0.289 e. The number of rotatable bonds is 1. The topological polar surface area (TPSA) is 71.4 Å². The normalized spacial score (nSPS) is 18.1. The summed E-state index contributed by atoms with van der Waals surface area (Å²) in [5, 5.41) is 0. The van der Waals surface area contributed by atoms with E-state index in [1.54, 1.807) is 0 Å². The molecule has 0 aliphatic carbocycles. The van der Waals surface area contributed by atoms with E-state index in [2.05, 4.69) is 0 Å². The summed E-state index contributed by atoms with van der Waals surface area (Å²) in [5.74, 6) is 0. The zero-order valence-corrected chi connectivity index (χ0v) is 7.62. The summed E-state index contributed by atoms with van der Waals surface area (Å²) in [6.45, 7) is 0. The van der Waals surface area contributed by atoms with Gasteiger partial charge in [-0.05, 0) is 0 Å². The summed E-state index contributed by atoms with van der Waals surface area (Å²) >= 11 is 0. The van der Waals surface area contributed by atoms with E-state index < -0.39 is 25.9 Å². The largest absolute Gasteiger partial charge is 0.685 e. The standard InChI is InChI=1S/C2H6O4S2Si/c1-7(3,4)9-8(2,5)6/h1-2H3/p+1. The van der Waals surface area contributed by atoms with Crippen LogP contribution in [-0.4, -0.2) is 37.1 Å². The third kappa shape index (κ3) is 8.28. The molecule has 1 atom stereocenters. The van der Waals surface area contributed by atoms with E-state index in [4.69, 9.17) is 4.55 Å². The fourth-order valence-electron chi connectivity index (χ4n) is 0.281. The molecule has 1 N–H and O–H groups in total. The first kappa shape index (κ1) is 9.28. The SMILES string of the molecule is CS(=O)(=O)[Si+]=S(C)(=O)O. The van der Waals surface area contributed by atoms with Crippen LogP contribution < -0.4 is 0 Å². The summed E-state index contributed by atoms with van der Waals surface area (Å²) in [5.41, 5.74) is 0. The van der Waals surface area contributed by atoms with Crippen molar-refractivity contribution in [3.8, 4) is 0 Å². The molecule has 0 amide bonds. The lowest BCUT2D eigenvalue weighted by Crippen LogP contribution is -2.09. The quantitative estimate of drug-likeness (QED) is 0.532. The maximum atomic E-state index is 10.4. The molecule has 1 unspecified atom stereocenters. The lowest BCUT2D eigenvalue weighted by Gasteiger charge is -1.73. The van der Waals surface area contributed by atoms with Crippen molar-refractivity contribution >= 4 is 25.9 Å². The Morgan fingerprint density at radius 3 is 1.56 bits per heavy atom. The average molecular weight is 187 g/mol. The molecule has 0 saturated carbocycles. The van der Waals surface area contributed by atoms with Gasteiger partial charge in [0, 0.05) is 0 Å². The van der Waals surface area contributed by atoms with Gasteiger partial charge >= 0.3 is 16.7 Å². The Labute approximate surface area is 56.0 Å². The van der Waals surface area contributed by atoms with E-state index in [9.17, 15) is 12.6 Å². The predicted molar refractivity (Wildman–Crippen MR) is 37.3 cm³/mol. The van der Waals surface area contributed by atoms with Crippen molar-refractivity contribution in [2.45, 2.75) is 0 Å². The maximum Gasteiger partial charge on any atom is 0.685 e. The van der Waals surface area contributed by atoms with Crippen LogP contribution in [0.1, 0.15) is 0 Å². The lowest BCUT2D eigenvalue weighted by atomic mass is 12.0. The second kappa shape index (κ2) is 2.49. The van der Waals surface area contributed by atoms with E-state index in [-0.39, 0.29) is 0 Å². The minimum absolute atomic E-state index is 0.894. The van der Waals surface area contributed by atoms with Gasteiger partial charge in [0.25, 0.3) is 0 Å². The van der Waals surface area contributed by atoms with Crippen molar-refractivity contribution in [1.82, 2.24) is 0 Å². The van der Waals surface area contributed by atoms with Crippen LogP contribution in [0.25, 0.3) is 0 Å². The Morgan fingerprint density at radius 2 is 1.56 bits per heavy atom. The first-order chi connectivity index (χ1) is 3.71. The van der Waals surface area contributed by atoms with Crippen molar-refractivity contribution in [2.75, 3.05) is 12.5 Å². The van der Waals surface area contributed by atoms with Crippen LogP contribution in [0.4, 0.5) is 0 Å². The first-order valence-electron chi connectivity index (χ1n) is 1.91. The van der Waals surface area contributed by atoms with Crippen molar-refractivity contribution in [3.63, 3.8) is 0 Å². The van der Waals surface area contributed by atoms with Crippen LogP contribution in [0.5, 0.6) is 0 Å². The molecule has 0 saturated heterocycles. The molecule has 0 bridgehead atoms. The Morgan fingerprint density at radius 1 is 1.22 bits per heavy atom. The summed E-state index contributed by atoms with van der Waals surface area (Å²) in [6.07, 6.45) is 1.94. The van der Waals surface area contributed by atoms with Gasteiger partial charge in [-0.3, -0.25) is 4.55 Å². The molecule has 54 valence electrons. The van der Waals surface area contributed by atoms with Crippen LogP contribution in [0, 0.1) is 0 Å². The van der Waals surface area contributed by atoms with Gasteiger partial charge < -0.3 is 0 Å². The molecule has 0 radical (unpaired) electrons. The molecule has 0 aromatic rings. The molecule has 0 aromatic carbocycles. The molecule has 0 fully saturated rings. The highest BCUT2D eigenvalue weighted by molar-refractivity contribution is 8.30. The monoisotopic (exact) mass is 187 g/mol. The molecule has 0 heterocycles. The van der Waals surface area contributed by atoms with E-state index in [1.165, 1.54) is 0 Å². The van der Waals surface area contributed by atoms with E-state index >= 15 is 0 Å². The van der Waals surface area contributed by atoms with Crippen molar-refractivity contribution in [1.29, 1.82) is 0 Å². The van der Waals surface area contributed by atoms with E-state index in [0.29, 0.717) is 0 Å². The molecule has 4 nitrogen and oxygen atoms in total. The molecule has 0 aromatic heterocycles. The minimum atomic E-state index is -3.28. The number of hydrogen-bond donors (Lipinski definition) is 1. The van der Waals surface area contributed by atoms with Gasteiger partial charge in [0.05, 0.1) is 12.5 Å². The molecule has 0 rings (SSSR count). The summed E-state index contributed by atoms with van der Waals surface area (Å²) in [4.78, 5) is 0. The van der Waals surface area contributed by atoms with E-state index in [0.717, 1.165) is 12.5 Å². The van der Waals surface area contributed by atoms with Crippen LogP contribution >= 0.6 is 0 Å². The van der Waals surface area contributed by atoms with Crippen molar-refractivity contribution < 1.29 is 17.2 Å². The van der Waals surface area contributed by atoms with E-state index in [1.807, 2.05) is 0 Å².